The molecule has 1 aliphatic rings. The Morgan fingerprint density at radius 1 is 1.12 bits per heavy atom. The minimum atomic E-state index is -0.311. The van der Waals surface area contributed by atoms with E-state index in [-0.39, 0.29) is 17.8 Å². The zero-order valence-corrected chi connectivity index (χ0v) is 17.5. The van der Waals surface area contributed by atoms with Crippen LogP contribution in [0.5, 0.6) is 0 Å². The van der Waals surface area contributed by atoms with Crippen molar-refractivity contribution in [3.63, 3.8) is 0 Å². The van der Waals surface area contributed by atoms with E-state index in [1.165, 1.54) is 12.1 Å². The van der Waals surface area contributed by atoms with Gasteiger partial charge in [0.1, 0.15) is 23.3 Å². The van der Waals surface area contributed by atoms with Crippen LogP contribution >= 0.6 is 0 Å². The van der Waals surface area contributed by atoms with E-state index in [1.807, 2.05) is 23.1 Å². The van der Waals surface area contributed by atoms with Crippen molar-refractivity contribution in [3.05, 3.63) is 95.6 Å². The average Bonchev–Trinajstić information content (AvgIpc) is 3.50. The zero-order valence-electron chi connectivity index (χ0n) is 17.5. The maximum Gasteiger partial charge on any atom is 0.272 e. The van der Waals surface area contributed by atoms with Crippen LogP contribution in [0.4, 0.5) is 4.39 Å². The molecule has 6 nitrogen and oxygen atoms in total. The lowest BCUT2D eigenvalue weighted by Crippen LogP contribution is -2.38. The molecular formula is C25H23FN4O2. The van der Waals surface area contributed by atoms with Crippen LogP contribution in [0.2, 0.25) is 0 Å². The molecule has 0 radical (unpaired) electrons. The van der Waals surface area contributed by atoms with Gasteiger partial charge in [0.15, 0.2) is 0 Å². The Morgan fingerprint density at radius 2 is 1.94 bits per heavy atom. The summed E-state index contributed by atoms with van der Waals surface area (Å²) in [5.41, 5.74) is 2.89. The second-order valence-corrected chi connectivity index (χ2v) is 8.01. The number of hydrogen-bond donors (Lipinski definition) is 1. The van der Waals surface area contributed by atoms with E-state index in [4.69, 9.17) is 4.42 Å². The van der Waals surface area contributed by atoms with Crippen molar-refractivity contribution in [1.82, 2.24) is 20.1 Å². The number of rotatable bonds is 5. The molecule has 4 aromatic rings. The number of piperidine rings is 1. The molecule has 0 bridgehead atoms. The van der Waals surface area contributed by atoms with Crippen molar-refractivity contribution in [2.24, 2.45) is 0 Å². The molecule has 1 N–H and O–H groups in total. The normalized spacial score (nSPS) is 16.3. The molecule has 0 unspecified atom stereocenters. The van der Waals surface area contributed by atoms with Gasteiger partial charge in [-0.2, -0.15) is 5.10 Å². The summed E-state index contributed by atoms with van der Waals surface area (Å²) >= 11 is 0. The van der Waals surface area contributed by atoms with Gasteiger partial charge in [-0.05, 0) is 55.2 Å². The molecule has 162 valence electrons. The van der Waals surface area contributed by atoms with E-state index in [9.17, 15) is 9.18 Å². The summed E-state index contributed by atoms with van der Waals surface area (Å²) in [4.78, 5) is 19.6. The van der Waals surface area contributed by atoms with Crippen molar-refractivity contribution in [1.29, 1.82) is 0 Å². The molecule has 2 aromatic heterocycles. The minimum Gasteiger partial charge on any atom is -0.443 e. The van der Waals surface area contributed by atoms with Crippen LogP contribution in [0.3, 0.4) is 0 Å². The minimum absolute atomic E-state index is 0.140. The van der Waals surface area contributed by atoms with E-state index >= 15 is 0 Å². The molecule has 1 aliphatic heterocycles. The Hall–Kier alpha value is -3.74. The number of nitrogens with one attached hydrogen (secondary N) is 1. The molecule has 1 atom stereocenters. The lowest BCUT2D eigenvalue weighted by molar-refractivity contribution is 0.0564. The lowest BCUT2D eigenvalue weighted by atomic mass is 10.0. The summed E-state index contributed by atoms with van der Waals surface area (Å²) in [5, 5.41) is 7.09. The third-order valence-corrected chi connectivity index (χ3v) is 5.79. The first-order valence-electron chi connectivity index (χ1n) is 10.8. The van der Waals surface area contributed by atoms with E-state index in [1.54, 1.807) is 24.4 Å². The fourth-order valence-electron chi connectivity index (χ4n) is 4.14. The third-order valence-electron chi connectivity index (χ3n) is 5.79. The Bertz CT molecular complexity index is 1200. The van der Waals surface area contributed by atoms with Gasteiger partial charge in [0.25, 0.3) is 5.91 Å². The predicted molar refractivity (Wildman–Crippen MR) is 117 cm³/mol. The number of carbonyl (C=O) groups is 1. The van der Waals surface area contributed by atoms with Crippen molar-refractivity contribution < 1.29 is 13.6 Å². The van der Waals surface area contributed by atoms with Crippen LogP contribution in [0.1, 0.15) is 53.0 Å². The molecule has 0 aliphatic carbocycles. The molecule has 32 heavy (non-hydrogen) atoms. The van der Waals surface area contributed by atoms with Gasteiger partial charge in [0, 0.05) is 18.5 Å². The molecule has 0 saturated carbocycles. The molecule has 1 amide bonds. The highest BCUT2D eigenvalue weighted by atomic mass is 19.1. The second-order valence-electron chi connectivity index (χ2n) is 8.01. The van der Waals surface area contributed by atoms with Gasteiger partial charge in [0.2, 0.25) is 5.89 Å². The quantitative estimate of drug-likeness (QED) is 0.474. The maximum absolute atomic E-state index is 13.3. The Kier molecular flexibility index (Phi) is 5.54. The first-order chi connectivity index (χ1) is 15.7. The first-order valence-corrected chi connectivity index (χ1v) is 10.8. The Balaban J connectivity index is 1.35. The highest BCUT2D eigenvalue weighted by Gasteiger charge is 2.32. The predicted octanol–water partition coefficient (Wildman–Crippen LogP) is 5.16. The molecular weight excluding hydrogens is 407 g/mol. The number of halogens is 1. The first kappa shape index (κ1) is 20.2. The highest BCUT2D eigenvalue weighted by molar-refractivity contribution is 5.93. The number of nitrogens with zero attached hydrogens (tertiary/aromatic N) is 3. The molecule has 7 heteroatoms. The van der Waals surface area contributed by atoms with Gasteiger partial charge in [0.05, 0.1) is 11.9 Å². The van der Waals surface area contributed by atoms with Crippen LogP contribution in [0, 0.1) is 5.82 Å². The van der Waals surface area contributed by atoms with Gasteiger partial charge in [-0.25, -0.2) is 9.37 Å². The summed E-state index contributed by atoms with van der Waals surface area (Å²) in [6.07, 6.45) is 5.15. The van der Waals surface area contributed by atoms with Gasteiger partial charge in [-0.1, -0.05) is 30.3 Å². The molecule has 0 spiro atoms. The van der Waals surface area contributed by atoms with Crippen LogP contribution in [-0.4, -0.2) is 32.5 Å². The SMILES string of the molecule is O=C(c1cc(-c2ccc(F)cc2)n[nH]1)N1CCCC[C@@H]1c1ncc(Cc2ccccc2)o1. The van der Waals surface area contributed by atoms with Crippen molar-refractivity contribution in [3.8, 4) is 11.3 Å². The Morgan fingerprint density at radius 3 is 2.75 bits per heavy atom. The van der Waals surface area contributed by atoms with Crippen molar-refractivity contribution in [2.75, 3.05) is 6.54 Å². The Labute approximate surface area is 185 Å². The third kappa shape index (κ3) is 4.19. The van der Waals surface area contributed by atoms with Gasteiger partial charge in [-0.3, -0.25) is 9.89 Å². The highest BCUT2D eigenvalue weighted by Crippen LogP contribution is 2.32. The standard InChI is InChI=1S/C25H23FN4O2/c26-19-11-9-18(10-12-19)21-15-22(29-28-21)25(31)30-13-5-4-8-23(30)24-27-16-20(32-24)14-17-6-2-1-3-7-17/h1-3,6-7,9-12,15-16,23H,4-5,8,13-14H2,(H,28,29)/t23-/m1/s1. The average molecular weight is 430 g/mol. The number of likely N-dealkylation sites (tertiary alicyclic amines) is 1. The number of oxazole rings is 1. The van der Waals surface area contributed by atoms with Crippen LogP contribution in [-0.2, 0) is 6.42 Å². The van der Waals surface area contributed by atoms with Gasteiger partial charge in [-0.15, -0.1) is 0 Å². The largest absolute Gasteiger partial charge is 0.443 e. The van der Waals surface area contributed by atoms with E-state index in [0.29, 0.717) is 30.2 Å². The molecule has 1 fully saturated rings. The second kappa shape index (κ2) is 8.78. The van der Waals surface area contributed by atoms with E-state index < -0.39 is 0 Å². The molecule has 2 aromatic carbocycles. The van der Waals surface area contributed by atoms with Gasteiger partial charge >= 0.3 is 0 Å². The monoisotopic (exact) mass is 430 g/mol. The van der Waals surface area contributed by atoms with E-state index in [2.05, 4.69) is 27.3 Å². The molecule has 1 saturated heterocycles. The summed E-state index contributed by atoms with van der Waals surface area (Å²) in [5.74, 6) is 0.902. The fraction of sp³-hybridized carbons (Fsp3) is 0.240. The topological polar surface area (TPSA) is 75.0 Å². The summed E-state index contributed by atoms with van der Waals surface area (Å²) in [7, 11) is 0. The number of aromatic amines is 1. The van der Waals surface area contributed by atoms with E-state index in [0.717, 1.165) is 36.1 Å². The number of hydrogen-bond acceptors (Lipinski definition) is 4. The van der Waals surface area contributed by atoms with Crippen molar-refractivity contribution >= 4 is 5.91 Å². The zero-order chi connectivity index (χ0) is 21.9. The number of aromatic nitrogens is 3. The van der Waals surface area contributed by atoms with Crippen LogP contribution < -0.4 is 0 Å². The molecule has 5 rings (SSSR count). The van der Waals surface area contributed by atoms with Crippen LogP contribution in [0.15, 0.2) is 71.3 Å². The number of amides is 1. The maximum atomic E-state index is 13.3. The van der Waals surface area contributed by atoms with Gasteiger partial charge < -0.3 is 9.32 Å². The summed E-state index contributed by atoms with van der Waals surface area (Å²) < 4.78 is 19.3. The van der Waals surface area contributed by atoms with Crippen LogP contribution in [0.25, 0.3) is 11.3 Å². The number of H-pyrrole nitrogens is 1. The lowest BCUT2D eigenvalue weighted by Gasteiger charge is -2.33. The molecule has 3 heterocycles. The number of benzene rings is 2. The summed E-state index contributed by atoms with van der Waals surface area (Å²) in [6, 6.07) is 17.6. The smallest absolute Gasteiger partial charge is 0.272 e. The number of carbonyl (C=O) groups excluding carboxylic acids is 1. The van der Waals surface area contributed by atoms with Crippen molar-refractivity contribution in [2.45, 2.75) is 31.7 Å². The fourth-order valence-corrected chi connectivity index (χ4v) is 4.14. The summed E-state index contributed by atoms with van der Waals surface area (Å²) in [6.45, 7) is 0.630.